The van der Waals surface area contributed by atoms with Crippen LogP contribution in [0.4, 0.5) is 0 Å². The van der Waals surface area contributed by atoms with Gasteiger partial charge in [-0.1, -0.05) is 36.4 Å². The number of rotatable bonds is 10. The third-order valence-corrected chi connectivity index (χ3v) is 4.30. The molecule has 0 atom stereocenters. The highest BCUT2D eigenvalue weighted by Gasteiger charge is 1.96. The Morgan fingerprint density at radius 1 is 1.08 bits per heavy atom. The fraction of sp³-hybridized carbons (Fsp3) is 0.389. The summed E-state index contributed by atoms with van der Waals surface area (Å²) in [5.41, 5.74) is 7.14. The van der Waals surface area contributed by atoms with Crippen molar-refractivity contribution >= 4 is 41.3 Å². The van der Waals surface area contributed by atoms with Gasteiger partial charge < -0.3 is 15.8 Å². The van der Waals surface area contributed by atoms with Crippen molar-refractivity contribution in [1.29, 1.82) is 0 Å². The van der Waals surface area contributed by atoms with Crippen LogP contribution in [0.15, 0.2) is 52.8 Å². The van der Waals surface area contributed by atoms with Crippen molar-refractivity contribution < 1.29 is 4.74 Å². The van der Waals surface area contributed by atoms with Crippen LogP contribution >= 0.6 is 35.3 Å². The first-order valence-electron chi connectivity index (χ1n) is 8.02. The van der Waals surface area contributed by atoms with Gasteiger partial charge in [0.2, 0.25) is 0 Å². The highest BCUT2D eigenvalue weighted by atomic mass is 127. The average molecular weight is 459 g/mol. The van der Waals surface area contributed by atoms with Gasteiger partial charge in [-0.2, -0.15) is 0 Å². The second kappa shape index (κ2) is 13.2. The van der Waals surface area contributed by atoms with E-state index in [1.54, 1.807) is 11.3 Å². The maximum atomic E-state index is 5.83. The van der Waals surface area contributed by atoms with Crippen molar-refractivity contribution in [3.8, 4) is 0 Å². The number of aliphatic imine (C=N–C) groups is 1. The molecule has 0 bridgehead atoms. The third-order valence-electron chi connectivity index (χ3n) is 3.36. The van der Waals surface area contributed by atoms with Crippen LogP contribution in [0.25, 0.3) is 0 Å². The van der Waals surface area contributed by atoms with E-state index >= 15 is 0 Å². The van der Waals surface area contributed by atoms with Crippen molar-refractivity contribution in [3.05, 3.63) is 58.3 Å². The van der Waals surface area contributed by atoms with Crippen LogP contribution in [0.3, 0.4) is 0 Å². The van der Waals surface area contributed by atoms with Crippen molar-refractivity contribution in [2.75, 3.05) is 26.3 Å². The van der Waals surface area contributed by atoms with Gasteiger partial charge in [-0.15, -0.1) is 35.3 Å². The molecule has 24 heavy (non-hydrogen) atoms. The zero-order chi connectivity index (χ0) is 16.2. The third kappa shape index (κ3) is 9.24. The lowest BCUT2D eigenvalue weighted by atomic mass is 10.2. The molecule has 0 aliphatic carbocycles. The first-order valence-corrected chi connectivity index (χ1v) is 8.90. The lowest BCUT2D eigenvalue weighted by Gasteiger charge is -2.05. The Kier molecular flexibility index (Phi) is 11.5. The first kappa shape index (κ1) is 20.9. The summed E-state index contributed by atoms with van der Waals surface area (Å²) in [6.45, 7) is 2.99. The monoisotopic (exact) mass is 459 g/mol. The predicted molar refractivity (Wildman–Crippen MR) is 114 cm³/mol. The minimum absolute atomic E-state index is 0. The van der Waals surface area contributed by atoms with Gasteiger partial charge in [0, 0.05) is 24.6 Å². The summed E-state index contributed by atoms with van der Waals surface area (Å²) in [6, 6.07) is 14.6. The number of hydrogen-bond acceptors (Lipinski definition) is 3. The van der Waals surface area contributed by atoms with E-state index in [0.717, 1.165) is 39.0 Å². The first-order chi connectivity index (χ1) is 11.3. The zero-order valence-electron chi connectivity index (χ0n) is 13.8. The Morgan fingerprint density at radius 2 is 1.92 bits per heavy atom. The van der Waals surface area contributed by atoms with Crippen LogP contribution in [-0.2, 0) is 17.6 Å². The average Bonchev–Trinajstić information content (AvgIpc) is 3.08. The van der Waals surface area contributed by atoms with E-state index in [1.165, 1.54) is 10.4 Å². The summed E-state index contributed by atoms with van der Waals surface area (Å²) >= 11 is 1.76. The van der Waals surface area contributed by atoms with Gasteiger partial charge >= 0.3 is 0 Å². The molecule has 0 unspecified atom stereocenters. The smallest absolute Gasteiger partial charge is 0.188 e. The molecule has 0 saturated carbocycles. The number of guanidine groups is 1. The van der Waals surface area contributed by atoms with E-state index in [2.05, 4.69) is 52.1 Å². The molecule has 1 aromatic carbocycles. The standard InChI is InChI=1S/C18H25N3OS.HI/c19-18(21-12-9-17-8-4-15-23-17)20-11-5-13-22-14-10-16-6-2-1-3-7-16;/h1-4,6-8,15H,5,9-14H2,(H3,19,20,21);1H. The Balaban J connectivity index is 0.00000288. The number of halogens is 1. The van der Waals surface area contributed by atoms with Crippen LogP contribution in [0.2, 0.25) is 0 Å². The number of nitrogens with zero attached hydrogens (tertiary/aromatic N) is 1. The molecular formula is C18H26IN3OS. The fourth-order valence-corrected chi connectivity index (χ4v) is 2.84. The topological polar surface area (TPSA) is 59.6 Å². The lowest BCUT2D eigenvalue weighted by molar-refractivity contribution is 0.136. The number of benzene rings is 1. The second-order valence-corrected chi connectivity index (χ2v) is 6.26. The molecular weight excluding hydrogens is 433 g/mol. The molecule has 2 rings (SSSR count). The van der Waals surface area contributed by atoms with E-state index in [-0.39, 0.29) is 24.0 Å². The van der Waals surface area contributed by atoms with E-state index < -0.39 is 0 Å². The highest BCUT2D eigenvalue weighted by Crippen LogP contribution is 2.07. The number of hydrogen-bond donors (Lipinski definition) is 2. The lowest BCUT2D eigenvalue weighted by Crippen LogP contribution is -2.33. The Labute approximate surface area is 165 Å². The molecule has 0 aliphatic rings. The fourth-order valence-electron chi connectivity index (χ4n) is 2.13. The summed E-state index contributed by atoms with van der Waals surface area (Å²) in [5, 5.41) is 5.23. The molecule has 132 valence electrons. The summed E-state index contributed by atoms with van der Waals surface area (Å²) in [6.07, 6.45) is 2.83. The summed E-state index contributed by atoms with van der Waals surface area (Å²) < 4.78 is 5.62. The Hall–Kier alpha value is -1.12. The molecule has 1 aromatic heterocycles. The molecule has 0 fully saturated rings. The van der Waals surface area contributed by atoms with Crippen LogP contribution in [0, 0.1) is 0 Å². The SMILES string of the molecule is I.NC(=NCCCOCCc1ccccc1)NCCc1cccs1. The van der Waals surface area contributed by atoms with Crippen LogP contribution in [-0.4, -0.2) is 32.3 Å². The van der Waals surface area contributed by atoms with Gasteiger partial charge in [-0.3, -0.25) is 4.99 Å². The molecule has 0 spiro atoms. The molecule has 0 aliphatic heterocycles. The predicted octanol–water partition coefficient (Wildman–Crippen LogP) is 3.46. The van der Waals surface area contributed by atoms with E-state index in [0.29, 0.717) is 12.5 Å². The summed E-state index contributed by atoms with van der Waals surface area (Å²) in [4.78, 5) is 5.66. The number of nitrogens with one attached hydrogen (secondary N) is 1. The van der Waals surface area contributed by atoms with Gasteiger partial charge in [0.15, 0.2) is 5.96 Å². The molecule has 3 N–H and O–H groups in total. The minimum atomic E-state index is 0. The second-order valence-electron chi connectivity index (χ2n) is 5.22. The molecule has 0 radical (unpaired) electrons. The Morgan fingerprint density at radius 3 is 2.67 bits per heavy atom. The molecule has 1 heterocycles. The zero-order valence-corrected chi connectivity index (χ0v) is 17.0. The van der Waals surface area contributed by atoms with Crippen molar-refractivity contribution in [2.45, 2.75) is 19.3 Å². The van der Waals surface area contributed by atoms with Gasteiger partial charge in [0.05, 0.1) is 6.61 Å². The van der Waals surface area contributed by atoms with Crippen LogP contribution in [0.5, 0.6) is 0 Å². The largest absolute Gasteiger partial charge is 0.381 e. The normalized spacial score (nSPS) is 11.1. The van der Waals surface area contributed by atoms with Crippen LogP contribution in [0.1, 0.15) is 16.9 Å². The van der Waals surface area contributed by atoms with Crippen LogP contribution < -0.4 is 11.1 Å². The van der Waals surface area contributed by atoms with E-state index in [1.807, 2.05) is 6.07 Å². The number of nitrogens with two attached hydrogens (primary N) is 1. The molecule has 6 heteroatoms. The van der Waals surface area contributed by atoms with Gasteiger partial charge in [-0.25, -0.2) is 0 Å². The van der Waals surface area contributed by atoms with E-state index in [9.17, 15) is 0 Å². The van der Waals surface area contributed by atoms with Crippen molar-refractivity contribution in [1.82, 2.24) is 5.32 Å². The summed E-state index contributed by atoms with van der Waals surface area (Å²) in [7, 11) is 0. The van der Waals surface area contributed by atoms with Gasteiger partial charge in [0.1, 0.15) is 0 Å². The van der Waals surface area contributed by atoms with Crippen molar-refractivity contribution in [3.63, 3.8) is 0 Å². The Bertz CT molecular complexity index is 561. The van der Waals surface area contributed by atoms with Gasteiger partial charge in [-0.05, 0) is 36.3 Å². The summed E-state index contributed by atoms with van der Waals surface area (Å²) in [5.74, 6) is 0.519. The minimum Gasteiger partial charge on any atom is -0.381 e. The molecule has 2 aromatic rings. The van der Waals surface area contributed by atoms with E-state index in [4.69, 9.17) is 10.5 Å². The quantitative estimate of drug-likeness (QED) is 0.248. The number of thiophene rings is 1. The highest BCUT2D eigenvalue weighted by molar-refractivity contribution is 14.0. The number of ether oxygens (including phenoxy) is 1. The molecule has 4 nitrogen and oxygen atoms in total. The maximum Gasteiger partial charge on any atom is 0.188 e. The van der Waals surface area contributed by atoms with Crippen molar-refractivity contribution in [2.24, 2.45) is 10.7 Å². The maximum absolute atomic E-state index is 5.83. The molecule has 0 saturated heterocycles. The molecule has 0 amide bonds. The van der Waals surface area contributed by atoms with Gasteiger partial charge in [0.25, 0.3) is 0 Å².